The fourth-order valence-corrected chi connectivity index (χ4v) is 4.17. The molecule has 3 rings (SSSR count). The van der Waals surface area contributed by atoms with Crippen molar-refractivity contribution >= 4 is 11.8 Å². The minimum absolute atomic E-state index is 0.00226. The van der Waals surface area contributed by atoms with Gasteiger partial charge in [0.1, 0.15) is 5.41 Å². The van der Waals surface area contributed by atoms with Crippen molar-refractivity contribution in [3.63, 3.8) is 0 Å². The predicted molar refractivity (Wildman–Crippen MR) is 96.0 cm³/mol. The third-order valence-corrected chi connectivity index (χ3v) is 5.77. The van der Waals surface area contributed by atoms with Gasteiger partial charge in [0.2, 0.25) is 11.8 Å². The average molecular weight is 382 g/mol. The van der Waals surface area contributed by atoms with Crippen LogP contribution in [0.1, 0.15) is 58.6 Å². The first-order chi connectivity index (χ1) is 12.4. The molecule has 1 saturated heterocycles. The molecule has 0 unspecified atom stereocenters. The molecular formula is C19H28F2N4O2. The van der Waals surface area contributed by atoms with Crippen molar-refractivity contribution in [2.75, 3.05) is 6.54 Å². The van der Waals surface area contributed by atoms with Crippen LogP contribution in [0.25, 0.3) is 0 Å². The number of likely N-dealkylation sites (tertiary alicyclic amines) is 1. The molecule has 27 heavy (non-hydrogen) atoms. The first kappa shape index (κ1) is 19.8. The lowest BCUT2D eigenvalue weighted by Gasteiger charge is -2.38. The second kappa shape index (κ2) is 6.27. The Bertz CT molecular complexity index is 744. The summed E-state index contributed by atoms with van der Waals surface area (Å²) in [6.45, 7) is 6.89. The van der Waals surface area contributed by atoms with Crippen LogP contribution in [0.15, 0.2) is 12.4 Å². The Morgan fingerprint density at radius 1 is 1.33 bits per heavy atom. The number of aromatic nitrogens is 2. The number of nitrogens with zero attached hydrogens (tertiary/aromatic N) is 3. The summed E-state index contributed by atoms with van der Waals surface area (Å²) in [5.74, 6) is -3.84. The lowest BCUT2D eigenvalue weighted by molar-refractivity contribution is -0.141. The number of carbonyl (C=O) groups excluding carboxylic acids is 2. The summed E-state index contributed by atoms with van der Waals surface area (Å²) in [7, 11) is 1.80. The predicted octanol–water partition coefficient (Wildman–Crippen LogP) is 2.66. The molecule has 2 atom stereocenters. The fourth-order valence-electron chi connectivity index (χ4n) is 4.17. The summed E-state index contributed by atoms with van der Waals surface area (Å²) < 4.78 is 29.3. The minimum Gasteiger partial charge on any atom is -0.355 e. The number of hydrogen-bond acceptors (Lipinski definition) is 3. The summed E-state index contributed by atoms with van der Waals surface area (Å²) >= 11 is 0. The molecule has 2 fully saturated rings. The van der Waals surface area contributed by atoms with Crippen molar-refractivity contribution in [2.24, 2.45) is 18.4 Å². The molecule has 2 amide bonds. The Morgan fingerprint density at radius 3 is 2.41 bits per heavy atom. The van der Waals surface area contributed by atoms with Gasteiger partial charge in [-0.3, -0.25) is 14.3 Å². The molecule has 0 radical (unpaired) electrons. The number of halogens is 2. The fraction of sp³-hybridized carbons (Fsp3) is 0.737. The zero-order valence-corrected chi connectivity index (χ0v) is 16.6. The van der Waals surface area contributed by atoms with Gasteiger partial charge in [0.05, 0.1) is 12.2 Å². The molecule has 1 aromatic heterocycles. The molecule has 8 heteroatoms. The van der Waals surface area contributed by atoms with E-state index in [0.29, 0.717) is 0 Å². The second-order valence-electron chi connectivity index (χ2n) is 8.97. The van der Waals surface area contributed by atoms with Gasteiger partial charge in [0.25, 0.3) is 5.92 Å². The maximum Gasteiger partial charge on any atom is 0.259 e. The lowest BCUT2D eigenvalue weighted by atomic mass is 9.92. The van der Waals surface area contributed by atoms with Crippen LogP contribution in [-0.2, 0) is 16.6 Å². The van der Waals surface area contributed by atoms with Crippen molar-refractivity contribution in [2.45, 2.75) is 64.5 Å². The van der Waals surface area contributed by atoms with E-state index in [2.05, 4.69) is 10.4 Å². The highest BCUT2D eigenvalue weighted by Gasteiger charge is 2.64. The summed E-state index contributed by atoms with van der Waals surface area (Å²) in [4.78, 5) is 27.0. The molecule has 1 N–H and O–H groups in total. The zero-order valence-electron chi connectivity index (χ0n) is 16.6. The molecule has 1 aromatic rings. The molecular weight excluding hydrogens is 354 g/mol. The molecule has 0 bridgehead atoms. The van der Waals surface area contributed by atoms with E-state index in [1.54, 1.807) is 17.9 Å². The van der Waals surface area contributed by atoms with Gasteiger partial charge in [0.15, 0.2) is 0 Å². The van der Waals surface area contributed by atoms with Gasteiger partial charge in [-0.1, -0.05) is 0 Å². The Morgan fingerprint density at radius 2 is 1.96 bits per heavy atom. The molecule has 1 saturated carbocycles. The molecule has 150 valence electrons. The number of hydrogen-bond donors (Lipinski definition) is 1. The first-order valence-electron chi connectivity index (χ1n) is 9.34. The van der Waals surface area contributed by atoms with E-state index in [9.17, 15) is 18.4 Å². The Hall–Kier alpha value is -1.99. The Labute approximate surface area is 158 Å². The molecule has 2 heterocycles. The van der Waals surface area contributed by atoms with E-state index in [-0.39, 0.29) is 43.7 Å². The van der Waals surface area contributed by atoms with E-state index in [0.717, 1.165) is 12.5 Å². The van der Waals surface area contributed by atoms with Gasteiger partial charge in [-0.15, -0.1) is 0 Å². The van der Waals surface area contributed by atoms with Crippen molar-refractivity contribution in [3.8, 4) is 0 Å². The summed E-state index contributed by atoms with van der Waals surface area (Å²) in [5.41, 5.74) is -1.09. The van der Waals surface area contributed by atoms with Gasteiger partial charge >= 0.3 is 0 Å². The molecule has 6 nitrogen and oxygen atoms in total. The summed E-state index contributed by atoms with van der Waals surface area (Å²) in [6.07, 6.45) is 4.25. The van der Waals surface area contributed by atoms with Crippen LogP contribution in [0.4, 0.5) is 8.78 Å². The van der Waals surface area contributed by atoms with E-state index in [1.807, 2.05) is 31.9 Å². The number of alkyl halides is 2. The SMILES string of the molecule is Cn1cc([C@@H]2[C@@H](CNC(=O)C3(C(C)(F)F)CC3)CC(=O)N2C(C)(C)C)cn1. The molecule has 1 aliphatic heterocycles. The van der Waals surface area contributed by atoms with E-state index >= 15 is 0 Å². The number of carbonyl (C=O) groups is 2. The van der Waals surface area contributed by atoms with Crippen molar-refractivity contribution in [3.05, 3.63) is 18.0 Å². The highest BCUT2D eigenvalue weighted by molar-refractivity contribution is 5.86. The minimum atomic E-state index is -3.04. The van der Waals surface area contributed by atoms with Crippen LogP contribution < -0.4 is 5.32 Å². The third kappa shape index (κ3) is 3.46. The van der Waals surface area contributed by atoms with Gasteiger partial charge in [0, 0.05) is 50.2 Å². The van der Waals surface area contributed by atoms with Gasteiger partial charge in [-0.25, -0.2) is 8.78 Å². The molecule has 1 aliphatic carbocycles. The Kier molecular flexibility index (Phi) is 4.59. The molecule has 0 aromatic carbocycles. The largest absolute Gasteiger partial charge is 0.355 e. The van der Waals surface area contributed by atoms with Crippen LogP contribution in [0, 0.1) is 11.3 Å². The topological polar surface area (TPSA) is 67.2 Å². The smallest absolute Gasteiger partial charge is 0.259 e. The van der Waals surface area contributed by atoms with Crippen LogP contribution >= 0.6 is 0 Å². The van der Waals surface area contributed by atoms with Crippen molar-refractivity contribution < 1.29 is 18.4 Å². The highest BCUT2D eigenvalue weighted by atomic mass is 19.3. The maximum absolute atomic E-state index is 13.8. The number of rotatable bonds is 5. The quantitative estimate of drug-likeness (QED) is 0.851. The Balaban J connectivity index is 1.79. The average Bonchev–Trinajstić information content (AvgIpc) is 3.14. The van der Waals surface area contributed by atoms with Crippen molar-refractivity contribution in [1.82, 2.24) is 20.0 Å². The number of amides is 2. The van der Waals surface area contributed by atoms with Gasteiger partial charge in [-0.2, -0.15) is 5.10 Å². The zero-order chi connectivity index (χ0) is 20.2. The summed E-state index contributed by atoms with van der Waals surface area (Å²) in [5, 5.41) is 6.91. The first-order valence-corrected chi connectivity index (χ1v) is 9.34. The third-order valence-electron chi connectivity index (χ3n) is 5.77. The maximum atomic E-state index is 13.8. The van der Waals surface area contributed by atoms with E-state index in [4.69, 9.17) is 0 Å². The number of nitrogens with one attached hydrogen (secondary N) is 1. The van der Waals surface area contributed by atoms with Gasteiger partial charge < -0.3 is 10.2 Å². The van der Waals surface area contributed by atoms with Gasteiger partial charge in [-0.05, 0) is 33.6 Å². The second-order valence-corrected chi connectivity index (χ2v) is 8.97. The van der Waals surface area contributed by atoms with Crippen LogP contribution in [0.2, 0.25) is 0 Å². The molecule has 2 aliphatic rings. The van der Waals surface area contributed by atoms with E-state index < -0.39 is 22.8 Å². The number of aryl methyl sites for hydroxylation is 1. The van der Waals surface area contributed by atoms with Crippen LogP contribution in [0.3, 0.4) is 0 Å². The van der Waals surface area contributed by atoms with Crippen LogP contribution in [-0.4, -0.2) is 44.5 Å². The normalized spacial score (nSPS) is 25.0. The standard InChI is InChI=1S/C19H28F2N4O2/c1-17(2,3)25-14(26)8-12(15(25)13-10-23-24(5)11-13)9-22-16(27)19(6-7-19)18(4,20)21/h10-12,15H,6-9H2,1-5H3,(H,22,27)/t12-,15+/m1/s1. The van der Waals surface area contributed by atoms with Crippen molar-refractivity contribution in [1.29, 1.82) is 0 Å². The summed E-state index contributed by atoms with van der Waals surface area (Å²) in [6, 6.07) is -0.246. The van der Waals surface area contributed by atoms with Crippen LogP contribution in [0.5, 0.6) is 0 Å². The monoisotopic (exact) mass is 382 g/mol. The van der Waals surface area contributed by atoms with E-state index in [1.165, 1.54) is 0 Å². The molecule has 0 spiro atoms. The lowest BCUT2D eigenvalue weighted by Crippen LogP contribution is -2.46. The highest BCUT2D eigenvalue weighted by Crippen LogP contribution is 2.56.